The summed E-state index contributed by atoms with van der Waals surface area (Å²) >= 11 is 0. The molecule has 0 atom stereocenters. The molecule has 0 unspecified atom stereocenters. The first-order valence-electron chi connectivity index (χ1n) is 6.87. The summed E-state index contributed by atoms with van der Waals surface area (Å²) < 4.78 is 2.32. The Kier molecular flexibility index (Phi) is 3.16. The van der Waals surface area contributed by atoms with E-state index in [0.717, 1.165) is 19.5 Å². The Balaban J connectivity index is 1.74. The van der Waals surface area contributed by atoms with Crippen LogP contribution in [0.2, 0.25) is 0 Å². The summed E-state index contributed by atoms with van der Waals surface area (Å²) in [6, 6.07) is 0.639. The quantitative estimate of drug-likeness (QED) is 0.834. The molecule has 0 aromatic carbocycles. The van der Waals surface area contributed by atoms with Gasteiger partial charge < -0.3 is 10.2 Å². The topological polar surface area (TPSA) is 33.1 Å². The average Bonchev–Trinajstić information content (AvgIpc) is 2.83. The normalized spacial score (nSPS) is 22.6. The van der Waals surface area contributed by atoms with E-state index in [1.807, 2.05) is 0 Å². The van der Waals surface area contributed by atoms with E-state index in [0.29, 0.717) is 6.04 Å². The zero-order valence-corrected chi connectivity index (χ0v) is 10.7. The zero-order valence-electron chi connectivity index (χ0n) is 10.7. The van der Waals surface area contributed by atoms with Crippen LogP contribution in [0.5, 0.6) is 0 Å². The number of fused-ring (bicyclic) bond motifs is 1. The van der Waals surface area contributed by atoms with Gasteiger partial charge in [-0.05, 0) is 19.4 Å². The van der Waals surface area contributed by atoms with Gasteiger partial charge in [0.05, 0.1) is 12.2 Å². The van der Waals surface area contributed by atoms with E-state index in [4.69, 9.17) is 0 Å². The minimum absolute atomic E-state index is 0.639. The van der Waals surface area contributed by atoms with Gasteiger partial charge in [0.2, 0.25) is 0 Å². The molecule has 1 aromatic rings. The second kappa shape index (κ2) is 4.78. The van der Waals surface area contributed by atoms with Crippen LogP contribution < -0.4 is 5.32 Å². The Morgan fingerprint density at radius 3 is 3.00 bits per heavy atom. The first-order chi connectivity index (χ1) is 8.38. The maximum Gasteiger partial charge on any atom is 0.0546 e. The van der Waals surface area contributed by atoms with Crippen molar-refractivity contribution in [2.45, 2.75) is 38.8 Å². The first kappa shape index (κ1) is 11.2. The highest BCUT2D eigenvalue weighted by molar-refractivity contribution is 5.21. The van der Waals surface area contributed by atoms with Crippen molar-refractivity contribution < 1.29 is 0 Å². The predicted molar refractivity (Wildman–Crippen MR) is 68.0 cm³/mol. The van der Waals surface area contributed by atoms with Crippen LogP contribution >= 0.6 is 0 Å². The van der Waals surface area contributed by atoms with Crippen LogP contribution in [0, 0.1) is 0 Å². The van der Waals surface area contributed by atoms with Crippen LogP contribution in [0.3, 0.4) is 0 Å². The number of piperidine rings is 1. The molecule has 0 aliphatic carbocycles. The van der Waals surface area contributed by atoms with Gasteiger partial charge in [-0.1, -0.05) is 6.92 Å². The molecule has 3 heterocycles. The highest BCUT2D eigenvalue weighted by atomic mass is 15.3. The van der Waals surface area contributed by atoms with Crippen molar-refractivity contribution in [1.29, 1.82) is 0 Å². The summed E-state index contributed by atoms with van der Waals surface area (Å²) in [5, 5.41) is 8.04. The van der Waals surface area contributed by atoms with Gasteiger partial charge in [-0.2, -0.15) is 5.10 Å². The number of hydrogen-bond acceptors (Lipinski definition) is 3. The Morgan fingerprint density at radius 1 is 1.41 bits per heavy atom. The number of aromatic nitrogens is 2. The summed E-state index contributed by atoms with van der Waals surface area (Å²) in [7, 11) is 0. The molecular weight excluding hydrogens is 212 g/mol. The molecule has 3 rings (SSSR count). The third-order valence-electron chi connectivity index (χ3n) is 4.19. The van der Waals surface area contributed by atoms with Crippen molar-refractivity contribution in [2.75, 3.05) is 26.2 Å². The predicted octanol–water partition coefficient (Wildman–Crippen LogP) is 1.19. The van der Waals surface area contributed by atoms with Gasteiger partial charge in [0.1, 0.15) is 0 Å². The molecule has 0 radical (unpaired) electrons. The Bertz CT molecular complexity index is 377. The summed E-state index contributed by atoms with van der Waals surface area (Å²) in [6.07, 6.45) is 5.72. The largest absolute Gasteiger partial charge is 0.312 e. The molecule has 0 bridgehead atoms. The number of likely N-dealkylation sites (tertiary alicyclic amines) is 1. The highest BCUT2D eigenvalue weighted by Crippen LogP contribution is 2.25. The van der Waals surface area contributed by atoms with E-state index in [2.05, 4.69) is 33.1 Å². The van der Waals surface area contributed by atoms with Gasteiger partial charge in [0.25, 0.3) is 0 Å². The SMILES string of the molecule is CCN1CCC(n2ncc3c2CCNC3)CC1. The average molecular weight is 234 g/mol. The standard InChI is InChI=1S/C13H22N4/c1-2-16-7-4-12(5-8-16)17-13-3-6-14-9-11(13)10-15-17/h10,12,14H,2-9H2,1H3. The molecule has 1 fully saturated rings. The molecule has 0 spiro atoms. The Morgan fingerprint density at radius 2 is 2.24 bits per heavy atom. The Labute approximate surface area is 103 Å². The second-order valence-electron chi connectivity index (χ2n) is 5.15. The van der Waals surface area contributed by atoms with Crippen molar-refractivity contribution in [3.8, 4) is 0 Å². The van der Waals surface area contributed by atoms with Gasteiger partial charge in [0, 0.05) is 43.9 Å². The highest BCUT2D eigenvalue weighted by Gasteiger charge is 2.24. The lowest BCUT2D eigenvalue weighted by Crippen LogP contribution is -2.35. The van der Waals surface area contributed by atoms with E-state index in [-0.39, 0.29) is 0 Å². The third-order valence-corrected chi connectivity index (χ3v) is 4.19. The van der Waals surface area contributed by atoms with E-state index >= 15 is 0 Å². The molecule has 0 amide bonds. The molecule has 1 N–H and O–H groups in total. The summed E-state index contributed by atoms with van der Waals surface area (Å²) in [5.41, 5.74) is 2.90. The maximum absolute atomic E-state index is 4.63. The van der Waals surface area contributed by atoms with E-state index in [1.54, 1.807) is 0 Å². The molecule has 2 aliphatic heterocycles. The molecule has 17 heavy (non-hydrogen) atoms. The first-order valence-corrected chi connectivity index (χ1v) is 6.87. The molecule has 2 aliphatic rings. The Hall–Kier alpha value is -0.870. The van der Waals surface area contributed by atoms with Gasteiger partial charge in [-0.25, -0.2) is 0 Å². The fourth-order valence-corrected chi connectivity index (χ4v) is 3.07. The van der Waals surface area contributed by atoms with Crippen LogP contribution in [0.4, 0.5) is 0 Å². The monoisotopic (exact) mass is 234 g/mol. The molecular formula is C13H22N4. The number of nitrogens with zero attached hydrogens (tertiary/aromatic N) is 3. The van der Waals surface area contributed by atoms with Crippen LogP contribution in [0.15, 0.2) is 6.20 Å². The van der Waals surface area contributed by atoms with Crippen molar-refractivity contribution in [3.63, 3.8) is 0 Å². The number of nitrogens with one attached hydrogen (secondary N) is 1. The van der Waals surface area contributed by atoms with Crippen molar-refractivity contribution in [3.05, 3.63) is 17.5 Å². The molecule has 1 saturated heterocycles. The summed E-state index contributed by atoms with van der Waals surface area (Å²) in [6.45, 7) is 8.01. The van der Waals surface area contributed by atoms with Gasteiger partial charge >= 0.3 is 0 Å². The lowest BCUT2D eigenvalue weighted by molar-refractivity contribution is 0.185. The number of hydrogen-bond donors (Lipinski definition) is 1. The van der Waals surface area contributed by atoms with Crippen molar-refractivity contribution in [2.24, 2.45) is 0 Å². The lowest BCUT2D eigenvalue weighted by atomic mass is 10.0. The molecule has 4 heteroatoms. The smallest absolute Gasteiger partial charge is 0.0546 e. The second-order valence-corrected chi connectivity index (χ2v) is 5.15. The van der Waals surface area contributed by atoms with Crippen LogP contribution in [0.25, 0.3) is 0 Å². The molecule has 4 nitrogen and oxygen atoms in total. The van der Waals surface area contributed by atoms with Crippen LogP contribution in [-0.2, 0) is 13.0 Å². The van der Waals surface area contributed by atoms with Crippen LogP contribution in [0.1, 0.15) is 37.1 Å². The fraction of sp³-hybridized carbons (Fsp3) is 0.769. The fourth-order valence-electron chi connectivity index (χ4n) is 3.07. The van der Waals surface area contributed by atoms with Crippen molar-refractivity contribution >= 4 is 0 Å². The summed E-state index contributed by atoms with van der Waals surface area (Å²) in [5.74, 6) is 0. The van der Waals surface area contributed by atoms with E-state index in [9.17, 15) is 0 Å². The van der Waals surface area contributed by atoms with Gasteiger partial charge in [0.15, 0.2) is 0 Å². The molecule has 1 aromatic heterocycles. The van der Waals surface area contributed by atoms with Gasteiger partial charge in [-0.15, -0.1) is 0 Å². The van der Waals surface area contributed by atoms with Crippen molar-refractivity contribution in [1.82, 2.24) is 20.0 Å². The number of rotatable bonds is 2. The summed E-state index contributed by atoms with van der Waals surface area (Å²) in [4.78, 5) is 2.54. The molecule has 0 saturated carbocycles. The lowest BCUT2D eigenvalue weighted by Gasteiger charge is -2.32. The maximum atomic E-state index is 4.63. The third kappa shape index (κ3) is 2.11. The van der Waals surface area contributed by atoms with E-state index < -0.39 is 0 Å². The minimum atomic E-state index is 0.639. The molecule has 94 valence electrons. The van der Waals surface area contributed by atoms with E-state index in [1.165, 1.54) is 43.7 Å². The minimum Gasteiger partial charge on any atom is -0.312 e. The van der Waals surface area contributed by atoms with Gasteiger partial charge in [-0.3, -0.25) is 4.68 Å². The van der Waals surface area contributed by atoms with Crippen LogP contribution in [-0.4, -0.2) is 40.9 Å². The zero-order chi connectivity index (χ0) is 11.7.